The van der Waals surface area contributed by atoms with E-state index in [1.165, 1.54) is 26.2 Å². The molecule has 1 atom stereocenters. The lowest BCUT2D eigenvalue weighted by molar-refractivity contribution is -0.148. The van der Waals surface area contributed by atoms with Crippen LogP contribution in [0.15, 0.2) is 0 Å². The monoisotopic (exact) mass is 285 g/mol. The summed E-state index contributed by atoms with van der Waals surface area (Å²) in [5.41, 5.74) is 0. The Bertz CT molecular complexity index is 266. The van der Waals surface area contributed by atoms with Gasteiger partial charge in [0.1, 0.15) is 0 Å². The second kappa shape index (κ2) is 12.9. The smallest absolute Gasteiger partial charge is 0.306 e. The fourth-order valence-electron chi connectivity index (χ4n) is 2.04. The molecule has 4 nitrogen and oxygen atoms in total. The Balaban J connectivity index is 3.41. The van der Waals surface area contributed by atoms with Gasteiger partial charge in [0.2, 0.25) is 5.91 Å². The summed E-state index contributed by atoms with van der Waals surface area (Å²) >= 11 is 0. The molecule has 0 saturated carbocycles. The Labute approximate surface area is 123 Å². The van der Waals surface area contributed by atoms with E-state index in [-0.39, 0.29) is 18.0 Å². The molecule has 0 aromatic rings. The van der Waals surface area contributed by atoms with Crippen molar-refractivity contribution in [3.63, 3.8) is 0 Å². The third-order valence-corrected chi connectivity index (χ3v) is 3.23. The van der Waals surface area contributed by atoms with E-state index < -0.39 is 0 Å². The van der Waals surface area contributed by atoms with Gasteiger partial charge in [-0.25, -0.2) is 0 Å². The van der Waals surface area contributed by atoms with Crippen LogP contribution in [0.2, 0.25) is 0 Å². The van der Waals surface area contributed by atoms with E-state index >= 15 is 0 Å². The fourth-order valence-corrected chi connectivity index (χ4v) is 2.04. The minimum absolute atomic E-state index is 0.00121. The number of carbonyl (C=O) groups is 2. The Hall–Kier alpha value is -1.06. The quantitative estimate of drug-likeness (QED) is 0.440. The molecule has 0 spiro atoms. The lowest BCUT2D eigenvalue weighted by Gasteiger charge is -2.13. The van der Waals surface area contributed by atoms with E-state index in [1.54, 1.807) is 0 Å². The third kappa shape index (κ3) is 13.4. The second-order valence-corrected chi connectivity index (χ2v) is 5.44. The van der Waals surface area contributed by atoms with Crippen molar-refractivity contribution in [2.75, 3.05) is 6.54 Å². The molecule has 0 saturated heterocycles. The van der Waals surface area contributed by atoms with Crippen LogP contribution in [-0.2, 0) is 14.3 Å². The topological polar surface area (TPSA) is 55.4 Å². The van der Waals surface area contributed by atoms with Crippen LogP contribution in [0.5, 0.6) is 0 Å². The van der Waals surface area contributed by atoms with Crippen LogP contribution in [0.4, 0.5) is 0 Å². The highest BCUT2D eigenvalue weighted by Crippen LogP contribution is 2.09. The second-order valence-electron chi connectivity index (χ2n) is 5.44. The molecule has 0 rings (SSSR count). The number of amides is 1. The van der Waals surface area contributed by atoms with Crippen LogP contribution in [0.3, 0.4) is 0 Å². The van der Waals surface area contributed by atoms with Crippen LogP contribution in [0.1, 0.15) is 78.6 Å². The van der Waals surface area contributed by atoms with E-state index in [1.807, 2.05) is 6.92 Å². The van der Waals surface area contributed by atoms with Gasteiger partial charge >= 0.3 is 5.97 Å². The van der Waals surface area contributed by atoms with Crippen LogP contribution in [0.25, 0.3) is 0 Å². The number of carbonyl (C=O) groups excluding carboxylic acids is 2. The number of ether oxygens (including phenoxy) is 1. The largest absolute Gasteiger partial charge is 0.463 e. The molecule has 0 aliphatic heterocycles. The van der Waals surface area contributed by atoms with Gasteiger partial charge in [-0.2, -0.15) is 0 Å². The molecule has 1 N–H and O–H groups in total. The summed E-state index contributed by atoms with van der Waals surface area (Å²) in [6, 6.07) is 0. The molecule has 0 radical (unpaired) electrons. The molecule has 0 bridgehead atoms. The summed E-state index contributed by atoms with van der Waals surface area (Å²) in [5, 5.41) is 2.74. The highest BCUT2D eigenvalue weighted by molar-refractivity contribution is 5.72. The molecule has 20 heavy (non-hydrogen) atoms. The van der Waals surface area contributed by atoms with Crippen molar-refractivity contribution in [1.29, 1.82) is 0 Å². The van der Waals surface area contributed by atoms with E-state index in [2.05, 4.69) is 12.2 Å². The molecule has 0 aliphatic carbocycles. The van der Waals surface area contributed by atoms with Gasteiger partial charge < -0.3 is 10.1 Å². The molecule has 0 heterocycles. The van der Waals surface area contributed by atoms with Crippen LogP contribution >= 0.6 is 0 Å². The number of rotatable bonds is 12. The molecule has 1 amide bonds. The maximum atomic E-state index is 11.6. The molecule has 0 aromatic heterocycles. The zero-order valence-corrected chi connectivity index (χ0v) is 13.4. The maximum Gasteiger partial charge on any atom is 0.306 e. The number of unbranched alkanes of at least 4 members (excludes halogenated alkanes) is 5. The van der Waals surface area contributed by atoms with E-state index in [0.29, 0.717) is 13.0 Å². The SMILES string of the molecule is CCCCCCC(C)OC(=O)CCCCCNC(C)=O. The van der Waals surface area contributed by atoms with Crippen molar-refractivity contribution in [1.82, 2.24) is 5.32 Å². The van der Waals surface area contributed by atoms with Gasteiger partial charge in [-0.15, -0.1) is 0 Å². The highest BCUT2D eigenvalue weighted by atomic mass is 16.5. The molecule has 0 aliphatic rings. The Morgan fingerprint density at radius 2 is 1.75 bits per heavy atom. The Kier molecular flexibility index (Phi) is 12.3. The average molecular weight is 285 g/mol. The van der Waals surface area contributed by atoms with Gasteiger partial charge in [0.15, 0.2) is 0 Å². The summed E-state index contributed by atoms with van der Waals surface area (Å²) in [6.45, 7) is 6.37. The van der Waals surface area contributed by atoms with Crippen molar-refractivity contribution >= 4 is 11.9 Å². The summed E-state index contributed by atoms with van der Waals surface area (Å²) < 4.78 is 5.37. The van der Waals surface area contributed by atoms with Crippen molar-refractivity contribution in [2.24, 2.45) is 0 Å². The van der Waals surface area contributed by atoms with E-state index in [0.717, 1.165) is 32.1 Å². The summed E-state index contributed by atoms with van der Waals surface area (Å²) in [7, 11) is 0. The van der Waals surface area contributed by atoms with Crippen molar-refractivity contribution in [2.45, 2.75) is 84.7 Å². The Morgan fingerprint density at radius 3 is 2.40 bits per heavy atom. The van der Waals surface area contributed by atoms with Gasteiger partial charge in [-0.1, -0.05) is 32.6 Å². The van der Waals surface area contributed by atoms with E-state index in [9.17, 15) is 9.59 Å². The predicted octanol–water partition coefficient (Wildman–Crippen LogP) is 3.59. The van der Waals surface area contributed by atoms with Crippen LogP contribution < -0.4 is 5.32 Å². The van der Waals surface area contributed by atoms with Crippen LogP contribution in [-0.4, -0.2) is 24.5 Å². The van der Waals surface area contributed by atoms with Gasteiger partial charge in [0.05, 0.1) is 6.10 Å². The number of hydrogen-bond donors (Lipinski definition) is 1. The summed E-state index contributed by atoms with van der Waals surface area (Å²) in [6.07, 6.45) is 9.04. The number of nitrogens with one attached hydrogen (secondary N) is 1. The first-order chi connectivity index (χ1) is 9.56. The molecule has 1 unspecified atom stereocenters. The van der Waals surface area contributed by atoms with Crippen molar-refractivity contribution < 1.29 is 14.3 Å². The molecular formula is C16H31NO3. The zero-order valence-electron chi connectivity index (χ0n) is 13.4. The molecule has 118 valence electrons. The standard InChI is InChI=1S/C16H31NO3/c1-4-5-6-8-11-14(2)20-16(19)12-9-7-10-13-17-15(3)18/h14H,4-13H2,1-3H3,(H,17,18). The normalized spacial score (nSPS) is 11.9. The molecular weight excluding hydrogens is 254 g/mol. The predicted molar refractivity (Wildman–Crippen MR) is 81.5 cm³/mol. The fraction of sp³-hybridized carbons (Fsp3) is 0.875. The lowest BCUT2D eigenvalue weighted by Crippen LogP contribution is -2.20. The zero-order chi connectivity index (χ0) is 15.2. The van der Waals surface area contributed by atoms with Gasteiger partial charge in [0, 0.05) is 19.9 Å². The molecule has 0 aromatic carbocycles. The van der Waals surface area contributed by atoms with Gasteiger partial charge in [-0.3, -0.25) is 9.59 Å². The minimum atomic E-state index is -0.0903. The summed E-state index contributed by atoms with van der Waals surface area (Å²) in [5.74, 6) is -0.0890. The number of hydrogen-bond acceptors (Lipinski definition) is 3. The lowest BCUT2D eigenvalue weighted by atomic mass is 10.1. The first kappa shape index (κ1) is 18.9. The minimum Gasteiger partial charge on any atom is -0.463 e. The van der Waals surface area contributed by atoms with Gasteiger partial charge in [-0.05, 0) is 32.6 Å². The first-order valence-electron chi connectivity index (χ1n) is 8.00. The Morgan fingerprint density at radius 1 is 1.05 bits per heavy atom. The van der Waals surface area contributed by atoms with Crippen LogP contribution in [0, 0.1) is 0 Å². The summed E-state index contributed by atoms with van der Waals surface area (Å²) in [4.78, 5) is 22.2. The van der Waals surface area contributed by atoms with Crippen molar-refractivity contribution in [3.8, 4) is 0 Å². The number of esters is 1. The highest BCUT2D eigenvalue weighted by Gasteiger charge is 2.08. The molecule has 0 fully saturated rings. The van der Waals surface area contributed by atoms with Crippen molar-refractivity contribution in [3.05, 3.63) is 0 Å². The first-order valence-corrected chi connectivity index (χ1v) is 8.00. The third-order valence-electron chi connectivity index (χ3n) is 3.23. The van der Waals surface area contributed by atoms with Gasteiger partial charge in [0.25, 0.3) is 0 Å². The maximum absolute atomic E-state index is 11.6. The average Bonchev–Trinajstić information content (AvgIpc) is 2.38. The van der Waals surface area contributed by atoms with E-state index in [4.69, 9.17) is 4.74 Å². The molecule has 4 heteroatoms.